The van der Waals surface area contributed by atoms with Gasteiger partial charge in [-0.3, -0.25) is 19.7 Å². The van der Waals surface area contributed by atoms with Gasteiger partial charge in [-0.15, -0.1) is 0 Å². The molecule has 0 aromatic heterocycles. The predicted molar refractivity (Wildman–Crippen MR) is 93.7 cm³/mol. The first kappa shape index (κ1) is 18.3. The number of hydrogen-bond donors (Lipinski definition) is 3. The van der Waals surface area contributed by atoms with E-state index in [1.54, 1.807) is 0 Å². The highest BCUT2D eigenvalue weighted by Crippen LogP contribution is 2.38. The highest BCUT2D eigenvalue weighted by atomic mass is 32.3. The summed E-state index contributed by atoms with van der Waals surface area (Å²) in [5.41, 5.74) is 0.514. The molecule has 0 bridgehead atoms. The van der Waals surface area contributed by atoms with Crippen molar-refractivity contribution in [3.63, 3.8) is 0 Å². The summed E-state index contributed by atoms with van der Waals surface area (Å²) in [7, 11) is -4.53. The Hall–Kier alpha value is -2.05. The summed E-state index contributed by atoms with van der Waals surface area (Å²) in [6, 6.07) is -0.747. The minimum absolute atomic E-state index is 0.00155. The Balaban J connectivity index is 1.50. The van der Waals surface area contributed by atoms with Gasteiger partial charge in [-0.25, -0.2) is 14.0 Å². The lowest BCUT2D eigenvalue weighted by Gasteiger charge is -2.50. The molecule has 0 unspecified atom stereocenters. The van der Waals surface area contributed by atoms with E-state index >= 15 is 0 Å². The fourth-order valence-corrected chi connectivity index (χ4v) is 5.06. The van der Waals surface area contributed by atoms with Gasteiger partial charge in [0.1, 0.15) is 0 Å². The molecule has 4 aliphatic rings. The van der Waals surface area contributed by atoms with Crippen molar-refractivity contribution in [1.29, 1.82) is 0 Å². The van der Waals surface area contributed by atoms with Gasteiger partial charge in [-0.2, -0.15) is 8.42 Å². The van der Waals surface area contributed by atoms with Crippen LogP contribution in [0.1, 0.15) is 32.6 Å². The van der Waals surface area contributed by atoms with Gasteiger partial charge < -0.3 is 10.2 Å². The molecule has 4 rings (SSSR count). The van der Waals surface area contributed by atoms with Crippen molar-refractivity contribution in [2.24, 2.45) is 15.9 Å². The van der Waals surface area contributed by atoms with Crippen LogP contribution in [0.2, 0.25) is 0 Å². The van der Waals surface area contributed by atoms with E-state index < -0.39 is 22.5 Å². The van der Waals surface area contributed by atoms with Crippen LogP contribution in [0, 0.1) is 5.92 Å². The molecule has 3 amide bonds. The molecular weight excluding hydrogens is 378 g/mol. The summed E-state index contributed by atoms with van der Waals surface area (Å²) in [5, 5.41) is 5.48. The summed E-state index contributed by atoms with van der Waals surface area (Å²) in [6.45, 7) is 2.40. The number of guanidine groups is 1. The summed E-state index contributed by atoms with van der Waals surface area (Å²) in [6.07, 6.45) is 0.966. The molecule has 0 aliphatic carbocycles. The Morgan fingerprint density at radius 2 is 2.11 bits per heavy atom. The van der Waals surface area contributed by atoms with Crippen LogP contribution < -0.4 is 10.6 Å². The number of imide groups is 1. The molecule has 27 heavy (non-hydrogen) atoms. The van der Waals surface area contributed by atoms with Gasteiger partial charge >= 0.3 is 16.4 Å². The lowest BCUT2D eigenvalue weighted by atomic mass is 9.81. The van der Waals surface area contributed by atoms with E-state index in [1.807, 2.05) is 6.92 Å². The molecule has 148 valence electrons. The zero-order valence-corrected chi connectivity index (χ0v) is 15.5. The fourth-order valence-electron chi connectivity index (χ4n) is 4.49. The molecule has 4 heterocycles. The Labute approximate surface area is 156 Å². The Kier molecular flexibility index (Phi) is 4.43. The molecule has 0 saturated carbocycles. The van der Waals surface area contributed by atoms with Gasteiger partial charge in [-0.1, -0.05) is 6.92 Å². The monoisotopic (exact) mass is 399 g/mol. The third-order valence-corrected chi connectivity index (χ3v) is 6.10. The number of carbonyl (C=O) groups is 2. The third-order valence-electron chi connectivity index (χ3n) is 5.61. The van der Waals surface area contributed by atoms with Gasteiger partial charge in [0.15, 0.2) is 5.96 Å². The standard InChI is InChI=1S/C15H21N5O6S/c1-7-11-6-16-14-17-8(2-9-4-13(21)19-15(22)18-9)3-10(20(11)14)5-12(7)26-27(23,24)25/h7-8,10-12H,2-6H2,1H3,(H,16,17)(H,19,21,22)(H,23,24,25)/t7-,8+,10+,11-,12+/m1/s1. The summed E-state index contributed by atoms with van der Waals surface area (Å²) >= 11 is 0. The normalized spacial score (nSPS) is 35.8. The largest absolute Gasteiger partial charge is 0.397 e. The molecule has 2 saturated heterocycles. The van der Waals surface area contributed by atoms with Gasteiger partial charge in [0.2, 0.25) is 5.91 Å². The van der Waals surface area contributed by atoms with Crippen LogP contribution in [0.3, 0.4) is 0 Å². The Bertz CT molecular complexity index is 840. The number of aliphatic imine (C=N–C) groups is 2. The topological polar surface area (TPSA) is 150 Å². The number of carbonyl (C=O) groups excluding carboxylic acids is 2. The van der Waals surface area contributed by atoms with Crippen LogP contribution >= 0.6 is 0 Å². The molecule has 11 nitrogen and oxygen atoms in total. The van der Waals surface area contributed by atoms with Crippen molar-refractivity contribution in [3.05, 3.63) is 0 Å². The predicted octanol–water partition coefficient (Wildman–Crippen LogP) is -0.544. The highest BCUT2D eigenvalue weighted by Gasteiger charge is 2.49. The SMILES string of the molecule is C[C@H]1[C@@H](OS(=O)(=O)O)C[C@@H]2C[C@H](CC3=NC(=O)NC(=O)C3)NC3=NC[C@H]1N32. The summed E-state index contributed by atoms with van der Waals surface area (Å²) < 4.78 is 36.4. The highest BCUT2D eigenvalue weighted by molar-refractivity contribution is 7.80. The smallest absolute Gasteiger partial charge is 0.353 e. The van der Waals surface area contributed by atoms with E-state index in [0.717, 1.165) is 5.96 Å². The van der Waals surface area contributed by atoms with E-state index in [1.165, 1.54) is 0 Å². The molecule has 0 aromatic rings. The van der Waals surface area contributed by atoms with Gasteiger partial charge in [0.25, 0.3) is 0 Å². The average Bonchev–Trinajstić information content (AvgIpc) is 2.94. The minimum Gasteiger partial charge on any atom is -0.353 e. The zero-order valence-electron chi connectivity index (χ0n) is 14.7. The molecule has 0 aromatic carbocycles. The Morgan fingerprint density at radius 1 is 1.33 bits per heavy atom. The fraction of sp³-hybridized carbons (Fsp3) is 0.733. The summed E-state index contributed by atoms with van der Waals surface area (Å²) in [4.78, 5) is 33.5. The maximum Gasteiger partial charge on any atom is 0.397 e. The number of nitrogens with one attached hydrogen (secondary N) is 2. The molecule has 4 aliphatic heterocycles. The Morgan fingerprint density at radius 3 is 2.81 bits per heavy atom. The van der Waals surface area contributed by atoms with Crippen molar-refractivity contribution in [3.8, 4) is 0 Å². The number of nitrogens with zero attached hydrogens (tertiary/aromatic N) is 3. The number of piperidine rings is 1. The van der Waals surface area contributed by atoms with Crippen LogP contribution in [-0.4, -0.2) is 72.3 Å². The molecule has 12 heteroatoms. The lowest BCUT2D eigenvalue weighted by molar-refractivity contribution is -0.119. The van der Waals surface area contributed by atoms with Gasteiger partial charge in [0.05, 0.1) is 25.1 Å². The second kappa shape index (κ2) is 6.53. The van der Waals surface area contributed by atoms with E-state index in [9.17, 15) is 18.0 Å². The van der Waals surface area contributed by atoms with Crippen molar-refractivity contribution in [2.75, 3.05) is 6.54 Å². The van der Waals surface area contributed by atoms with Crippen LogP contribution in [0.4, 0.5) is 4.79 Å². The third kappa shape index (κ3) is 3.69. The van der Waals surface area contributed by atoms with Crippen LogP contribution in [0.15, 0.2) is 9.98 Å². The zero-order chi connectivity index (χ0) is 19.3. The second-order valence-electron chi connectivity index (χ2n) is 7.44. The number of amides is 3. The first-order valence-corrected chi connectivity index (χ1v) is 10.2. The van der Waals surface area contributed by atoms with E-state index in [2.05, 4.69) is 25.5 Å². The summed E-state index contributed by atoms with van der Waals surface area (Å²) in [5.74, 6) is 0.256. The van der Waals surface area contributed by atoms with Gasteiger partial charge in [-0.05, 0) is 12.8 Å². The average molecular weight is 399 g/mol. The molecule has 0 radical (unpaired) electrons. The van der Waals surface area contributed by atoms with Crippen molar-refractivity contribution in [2.45, 2.75) is 56.8 Å². The van der Waals surface area contributed by atoms with Crippen LogP contribution in [-0.2, 0) is 19.4 Å². The lowest BCUT2D eigenvalue weighted by Crippen LogP contribution is -2.64. The molecule has 2 fully saturated rings. The molecule has 0 spiro atoms. The number of hydrogen-bond acceptors (Lipinski definition) is 8. The van der Waals surface area contributed by atoms with E-state index in [4.69, 9.17) is 8.74 Å². The number of rotatable bonds is 4. The molecule has 3 N–H and O–H groups in total. The van der Waals surface area contributed by atoms with E-state index in [0.29, 0.717) is 31.5 Å². The first-order chi connectivity index (χ1) is 12.7. The maximum absolute atomic E-state index is 11.5. The van der Waals surface area contributed by atoms with Crippen LogP contribution in [0.25, 0.3) is 0 Å². The quantitative estimate of drug-likeness (QED) is 0.533. The molecular formula is C15H21N5O6S. The second-order valence-corrected chi connectivity index (χ2v) is 8.49. The minimum atomic E-state index is -4.53. The van der Waals surface area contributed by atoms with Crippen LogP contribution in [0.5, 0.6) is 0 Å². The first-order valence-electron chi connectivity index (χ1n) is 8.85. The maximum atomic E-state index is 11.5. The number of urea groups is 1. The van der Waals surface area contributed by atoms with Gasteiger partial charge in [0, 0.05) is 30.1 Å². The van der Waals surface area contributed by atoms with Crippen molar-refractivity contribution >= 4 is 34.0 Å². The van der Waals surface area contributed by atoms with E-state index in [-0.39, 0.29) is 36.4 Å². The van der Waals surface area contributed by atoms with Crippen molar-refractivity contribution < 1.29 is 26.7 Å². The molecule has 5 atom stereocenters. The van der Waals surface area contributed by atoms with Crippen molar-refractivity contribution in [1.82, 2.24) is 15.5 Å².